The molecule has 3 heteroatoms. The van der Waals surface area contributed by atoms with Crippen LogP contribution in [0.1, 0.15) is 50.0 Å². The van der Waals surface area contributed by atoms with E-state index in [2.05, 4.69) is 0 Å². The molecule has 0 spiro atoms. The minimum Gasteiger partial charge on any atom is -0.458 e. The summed E-state index contributed by atoms with van der Waals surface area (Å²) in [7, 11) is 1.68. The van der Waals surface area contributed by atoms with E-state index in [0.29, 0.717) is 12.0 Å². The zero-order valence-electron chi connectivity index (χ0n) is 12.9. The van der Waals surface area contributed by atoms with Crippen LogP contribution in [0.3, 0.4) is 0 Å². The summed E-state index contributed by atoms with van der Waals surface area (Å²) < 4.78 is 10.7. The number of hydrogen-bond donors (Lipinski definition) is 0. The normalized spacial score (nSPS) is 37.7. The molecule has 4 fully saturated rings. The second-order valence-corrected chi connectivity index (χ2v) is 7.62. The van der Waals surface area contributed by atoms with Gasteiger partial charge >= 0.3 is 0 Å². The van der Waals surface area contributed by atoms with Gasteiger partial charge in [0.25, 0.3) is 0 Å². The Morgan fingerprint density at radius 3 is 2.48 bits per heavy atom. The van der Waals surface area contributed by atoms with Gasteiger partial charge in [0.05, 0.1) is 6.21 Å². The zero-order valence-corrected chi connectivity index (χ0v) is 12.9. The lowest BCUT2D eigenvalue weighted by Gasteiger charge is -2.56. The Bertz CT molecular complexity index is 496. The van der Waals surface area contributed by atoms with Crippen LogP contribution in [0.4, 0.5) is 0 Å². The van der Waals surface area contributed by atoms with E-state index in [4.69, 9.17) is 14.1 Å². The quantitative estimate of drug-likeness (QED) is 0.765. The summed E-state index contributed by atoms with van der Waals surface area (Å²) in [4.78, 5) is 4.75. The fourth-order valence-corrected chi connectivity index (χ4v) is 5.50. The molecule has 1 heterocycles. The Kier molecular flexibility index (Phi) is 3.41. The Morgan fingerprint density at radius 2 is 1.86 bits per heavy atom. The van der Waals surface area contributed by atoms with Gasteiger partial charge in [0.2, 0.25) is 0 Å². The van der Waals surface area contributed by atoms with Crippen LogP contribution in [0.25, 0.3) is 0 Å². The number of nitrogens with zero attached hydrogens (tertiary/aromatic N) is 1. The first kappa shape index (κ1) is 13.6. The standard InChI is InChI=1S/C18H25NO2/c1-20-11-17-3-2-16(21-17)10-19-12-18-7-13-4-14(8-18)6-15(5-13)9-18/h2-3,10,13-15H,4-9,11-12H2,1H3. The van der Waals surface area contributed by atoms with Crippen molar-refractivity contribution in [3.8, 4) is 0 Å². The minimum atomic E-state index is 0.521. The summed E-state index contributed by atoms with van der Waals surface area (Å²) >= 11 is 0. The molecule has 0 N–H and O–H groups in total. The smallest absolute Gasteiger partial charge is 0.144 e. The van der Waals surface area contributed by atoms with E-state index >= 15 is 0 Å². The van der Waals surface area contributed by atoms with E-state index in [1.165, 1.54) is 38.5 Å². The Labute approximate surface area is 126 Å². The molecule has 0 aliphatic heterocycles. The van der Waals surface area contributed by atoms with Crippen LogP contribution in [-0.4, -0.2) is 19.9 Å². The highest BCUT2D eigenvalue weighted by molar-refractivity contribution is 5.75. The average Bonchev–Trinajstić information content (AvgIpc) is 2.85. The molecule has 5 rings (SSSR count). The van der Waals surface area contributed by atoms with Gasteiger partial charge in [0, 0.05) is 13.7 Å². The van der Waals surface area contributed by atoms with Gasteiger partial charge in [-0.1, -0.05) is 0 Å². The molecule has 0 amide bonds. The predicted molar refractivity (Wildman–Crippen MR) is 82.5 cm³/mol. The van der Waals surface area contributed by atoms with Crippen molar-refractivity contribution in [2.24, 2.45) is 28.2 Å². The molecule has 0 unspecified atom stereocenters. The summed E-state index contributed by atoms with van der Waals surface area (Å²) in [6, 6.07) is 3.95. The molecule has 4 aliphatic carbocycles. The number of methoxy groups -OCH3 is 1. The lowest BCUT2D eigenvalue weighted by atomic mass is 9.49. The highest BCUT2D eigenvalue weighted by Crippen LogP contribution is 2.60. The molecule has 0 saturated heterocycles. The molecule has 0 aromatic carbocycles. The largest absolute Gasteiger partial charge is 0.458 e. The molecule has 4 saturated carbocycles. The van der Waals surface area contributed by atoms with Gasteiger partial charge in [-0.15, -0.1) is 0 Å². The van der Waals surface area contributed by atoms with E-state index in [9.17, 15) is 0 Å². The van der Waals surface area contributed by atoms with Gasteiger partial charge < -0.3 is 9.15 Å². The Balaban J connectivity index is 1.40. The van der Waals surface area contributed by atoms with E-state index < -0.39 is 0 Å². The fraction of sp³-hybridized carbons (Fsp3) is 0.722. The molecule has 4 bridgehead atoms. The maximum atomic E-state index is 5.67. The van der Waals surface area contributed by atoms with Crippen molar-refractivity contribution in [3.05, 3.63) is 23.7 Å². The van der Waals surface area contributed by atoms with Crippen LogP contribution in [0.2, 0.25) is 0 Å². The third-order valence-electron chi connectivity index (χ3n) is 5.78. The predicted octanol–water partition coefficient (Wildman–Crippen LogP) is 4.06. The molecule has 21 heavy (non-hydrogen) atoms. The number of aliphatic imine (C=N–C) groups is 1. The molecule has 114 valence electrons. The third-order valence-corrected chi connectivity index (χ3v) is 5.78. The van der Waals surface area contributed by atoms with Crippen molar-refractivity contribution in [1.82, 2.24) is 0 Å². The van der Waals surface area contributed by atoms with Gasteiger partial charge in [0.1, 0.15) is 18.1 Å². The van der Waals surface area contributed by atoms with Crippen molar-refractivity contribution in [1.29, 1.82) is 0 Å². The first-order valence-corrected chi connectivity index (χ1v) is 8.32. The van der Waals surface area contributed by atoms with Crippen LogP contribution < -0.4 is 0 Å². The SMILES string of the molecule is COCc1ccc(C=NCC23CC4CC(CC(C4)C2)C3)o1. The van der Waals surface area contributed by atoms with E-state index in [1.54, 1.807) is 7.11 Å². The van der Waals surface area contributed by atoms with E-state index in [-0.39, 0.29) is 0 Å². The summed E-state index contributed by atoms with van der Waals surface area (Å²) in [5.74, 6) is 4.73. The number of ether oxygens (including phenoxy) is 1. The molecular weight excluding hydrogens is 262 g/mol. The highest BCUT2D eigenvalue weighted by atomic mass is 16.5. The van der Waals surface area contributed by atoms with Gasteiger partial charge in [0.15, 0.2) is 0 Å². The minimum absolute atomic E-state index is 0.521. The summed E-state index contributed by atoms with van der Waals surface area (Å²) in [5.41, 5.74) is 0.521. The van der Waals surface area contributed by atoms with Gasteiger partial charge in [-0.2, -0.15) is 0 Å². The second-order valence-electron chi connectivity index (χ2n) is 7.62. The lowest BCUT2D eigenvalue weighted by Crippen LogP contribution is -2.47. The lowest BCUT2D eigenvalue weighted by molar-refractivity contribution is -0.0464. The van der Waals surface area contributed by atoms with Crippen LogP contribution in [0, 0.1) is 23.2 Å². The maximum Gasteiger partial charge on any atom is 0.144 e. The molecule has 0 atom stereocenters. The van der Waals surface area contributed by atoms with Crippen LogP contribution >= 0.6 is 0 Å². The van der Waals surface area contributed by atoms with Crippen molar-refractivity contribution < 1.29 is 9.15 Å². The average molecular weight is 287 g/mol. The Hall–Kier alpha value is -1.09. The van der Waals surface area contributed by atoms with Gasteiger partial charge in [-0.05, 0) is 73.8 Å². The molecule has 4 aliphatic rings. The first-order chi connectivity index (χ1) is 10.2. The molecular formula is C18H25NO2. The van der Waals surface area contributed by atoms with Crippen LogP contribution in [0.5, 0.6) is 0 Å². The molecule has 1 aromatic heterocycles. The van der Waals surface area contributed by atoms with Crippen molar-refractivity contribution in [2.45, 2.75) is 45.1 Å². The molecule has 1 aromatic rings. The van der Waals surface area contributed by atoms with E-state index in [0.717, 1.165) is 35.8 Å². The summed E-state index contributed by atoms with van der Waals surface area (Å²) in [6.45, 7) is 1.53. The summed E-state index contributed by atoms with van der Waals surface area (Å²) in [6.07, 6.45) is 10.7. The van der Waals surface area contributed by atoms with Crippen LogP contribution in [-0.2, 0) is 11.3 Å². The van der Waals surface area contributed by atoms with Crippen molar-refractivity contribution in [3.63, 3.8) is 0 Å². The van der Waals surface area contributed by atoms with Gasteiger partial charge in [-0.3, -0.25) is 4.99 Å². The zero-order chi connectivity index (χ0) is 14.3. The van der Waals surface area contributed by atoms with Crippen molar-refractivity contribution in [2.75, 3.05) is 13.7 Å². The number of hydrogen-bond acceptors (Lipinski definition) is 3. The van der Waals surface area contributed by atoms with E-state index in [1.807, 2.05) is 18.3 Å². The highest BCUT2D eigenvalue weighted by Gasteiger charge is 2.50. The third kappa shape index (κ3) is 2.68. The topological polar surface area (TPSA) is 34.7 Å². The Morgan fingerprint density at radius 1 is 1.19 bits per heavy atom. The van der Waals surface area contributed by atoms with Gasteiger partial charge in [-0.25, -0.2) is 0 Å². The monoisotopic (exact) mass is 287 g/mol. The van der Waals surface area contributed by atoms with Crippen molar-refractivity contribution >= 4 is 6.21 Å². The maximum absolute atomic E-state index is 5.67. The van der Waals surface area contributed by atoms with Crippen LogP contribution in [0.15, 0.2) is 21.5 Å². The molecule has 0 radical (unpaired) electrons. The first-order valence-electron chi connectivity index (χ1n) is 8.32. The number of rotatable bonds is 5. The number of furan rings is 1. The summed E-state index contributed by atoms with van der Waals surface area (Å²) in [5, 5.41) is 0. The fourth-order valence-electron chi connectivity index (χ4n) is 5.50. The second kappa shape index (κ2) is 5.28. The molecule has 3 nitrogen and oxygen atoms in total.